The van der Waals surface area contributed by atoms with Gasteiger partial charge in [-0.3, -0.25) is 0 Å². The Kier molecular flexibility index (Phi) is 7.80. The quantitative estimate of drug-likeness (QED) is 0.563. The summed E-state index contributed by atoms with van der Waals surface area (Å²) in [5.41, 5.74) is 2.03. The molecule has 26 heavy (non-hydrogen) atoms. The monoisotopic (exact) mass is 377 g/mol. The maximum atomic E-state index is 5.33. The summed E-state index contributed by atoms with van der Waals surface area (Å²) in [6.07, 6.45) is 1.80. The van der Waals surface area contributed by atoms with E-state index in [1.54, 1.807) is 31.8 Å². The van der Waals surface area contributed by atoms with Crippen molar-refractivity contribution in [2.75, 3.05) is 27.8 Å². The molecule has 7 nitrogen and oxygen atoms in total. The van der Waals surface area contributed by atoms with Crippen molar-refractivity contribution in [2.45, 2.75) is 33.0 Å². The average molecular weight is 378 g/mol. The van der Waals surface area contributed by atoms with Crippen molar-refractivity contribution in [2.24, 2.45) is 4.99 Å². The average Bonchev–Trinajstić information content (AvgIpc) is 3.13. The molecular formula is C18H27N5O2S. The maximum absolute atomic E-state index is 5.33. The zero-order valence-corrected chi connectivity index (χ0v) is 16.8. The molecular weight excluding hydrogens is 350 g/mol. The van der Waals surface area contributed by atoms with Gasteiger partial charge in [-0.1, -0.05) is 6.07 Å². The van der Waals surface area contributed by atoms with Gasteiger partial charge in [-0.25, -0.2) is 15.0 Å². The van der Waals surface area contributed by atoms with E-state index in [1.165, 1.54) is 0 Å². The van der Waals surface area contributed by atoms with Gasteiger partial charge < -0.3 is 19.7 Å². The van der Waals surface area contributed by atoms with E-state index >= 15 is 0 Å². The third-order valence-corrected chi connectivity index (χ3v) is 4.84. The lowest BCUT2D eigenvalue weighted by atomic mass is 10.3. The Morgan fingerprint density at radius 3 is 2.81 bits per heavy atom. The number of rotatable bonds is 8. The SMILES string of the molecule is CCNC(=NCc1ccc(OC)nc1)N(C)Cc1csc(C(C)OC)n1. The van der Waals surface area contributed by atoms with Gasteiger partial charge in [-0.05, 0) is 19.4 Å². The molecule has 0 fully saturated rings. The summed E-state index contributed by atoms with van der Waals surface area (Å²) in [4.78, 5) is 15.6. The number of nitrogens with one attached hydrogen (secondary N) is 1. The Hall–Kier alpha value is -2.19. The number of nitrogens with zero attached hydrogens (tertiary/aromatic N) is 4. The predicted octanol–water partition coefficient (Wildman–Crippen LogP) is 2.85. The summed E-state index contributed by atoms with van der Waals surface area (Å²) in [5, 5.41) is 6.37. The lowest BCUT2D eigenvalue weighted by Crippen LogP contribution is -2.38. The number of methoxy groups -OCH3 is 2. The molecule has 2 heterocycles. The Morgan fingerprint density at radius 1 is 1.38 bits per heavy atom. The van der Waals surface area contributed by atoms with Crippen LogP contribution in [0.15, 0.2) is 28.7 Å². The van der Waals surface area contributed by atoms with Crippen LogP contribution in [0.2, 0.25) is 0 Å². The molecule has 2 aromatic heterocycles. The minimum Gasteiger partial charge on any atom is -0.481 e. The first-order chi connectivity index (χ1) is 12.6. The fourth-order valence-corrected chi connectivity index (χ4v) is 3.10. The zero-order valence-electron chi connectivity index (χ0n) is 16.0. The zero-order chi connectivity index (χ0) is 18.9. The van der Waals surface area contributed by atoms with Gasteiger partial charge in [0.1, 0.15) is 11.1 Å². The number of hydrogen-bond acceptors (Lipinski definition) is 6. The van der Waals surface area contributed by atoms with Crippen LogP contribution in [0, 0.1) is 0 Å². The van der Waals surface area contributed by atoms with Crippen molar-refractivity contribution >= 4 is 17.3 Å². The second-order valence-corrected chi connectivity index (χ2v) is 6.68. The summed E-state index contributed by atoms with van der Waals surface area (Å²) in [6.45, 7) is 6.08. The minimum atomic E-state index is 0.0172. The Bertz CT molecular complexity index is 702. The van der Waals surface area contributed by atoms with E-state index in [1.807, 2.05) is 26.1 Å². The largest absolute Gasteiger partial charge is 0.481 e. The van der Waals surface area contributed by atoms with Crippen molar-refractivity contribution in [3.05, 3.63) is 40.0 Å². The molecule has 0 aromatic carbocycles. The smallest absolute Gasteiger partial charge is 0.212 e. The highest BCUT2D eigenvalue weighted by Crippen LogP contribution is 2.21. The molecule has 1 N–H and O–H groups in total. The fourth-order valence-electron chi connectivity index (χ4n) is 2.26. The molecule has 0 saturated heterocycles. The van der Waals surface area contributed by atoms with Crippen LogP contribution in [0.1, 0.15) is 36.2 Å². The lowest BCUT2D eigenvalue weighted by molar-refractivity contribution is 0.119. The van der Waals surface area contributed by atoms with E-state index in [9.17, 15) is 0 Å². The van der Waals surface area contributed by atoms with Crippen LogP contribution >= 0.6 is 11.3 Å². The number of thiazole rings is 1. The second kappa shape index (κ2) is 10.1. The van der Waals surface area contributed by atoms with Crippen LogP contribution < -0.4 is 10.1 Å². The molecule has 0 aliphatic carbocycles. The number of hydrogen-bond donors (Lipinski definition) is 1. The van der Waals surface area contributed by atoms with Gasteiger partial charge in [0.25, 0.3) is 0 Å². The van der Waals surface area contributed by atoms with Gasteiger partial charge in [-0.15, -0.1) is 11.3 Å². The molecule has 2 aromatic rings. The standard InChI is InChI=1S/C18H27N5O2S/c1-6-19-18(21-10-14-7-8-16(25-5)20-9-14)23(3)11-15-12-26-17(22-15)13(2)24-4/h7-9,12-13H,6,10-11H2,1-5H3,(H,19,21). The number of pyridine rings is 1. The summed E-state index contributed by atoms with van der Waals surface area (Å²) in [5.74, 6) is 1.43. The van der Waals surface area contributed by atoms with Crippen molar-refractivity contribution in [3.8, 4) is 5.88 Å². The highest BCUT2D eigenvalue weighted by atomic mass is 32.1. The molecule has 0 aliphatic heterocycles. The third kappa shape index (κ3) is 5.67. The van der Waals surface area contributed by atoms with Crippen LogP contribution in [0.3, 0.4) is 0 Å². The van der Waals surface area contributed by atoms with Gasteiger partial charge in [0.05, 0.1) is 25.9 Å². The number of guanidine groups is 1. The van der Waals surface area contributed by atoms with Crippen LogP contribution in [0.5, 0.6) is 5.88 Å². The Balaban J connectivity index is 2.03. The molecule has 1 unspecified atom stereocenters. The summed E-state index contributed by atoms with van der Waals surface area (Å²) in [7, 11) is 5.31. The van der Waals surface area contributed by atoms with Crippen LogP contribution in [-0.2, 0) is 17.8 Å². The summed E-state index contributed by atoms with van der Waals surface area (Å²) in [6, 6.07) is 3.81. The van der Waals surface area contributed by atoms with Crippen LogP contribution in [-0.4, -0.2) is 48.6 Å². The van der Waals surface area contributed by atoms with Crippen molar-refractivity contribution < 1.29 is 9.47 Å². The third-order valence-electron chi connectivity index (χ3n) is 3.78. The molecule has 1 atom stereocenters. The van der Waals surface area contributed by atoms with Gasteiger partial charge in [0, 0.05) is 38.3 Å². The number of ether oxygens (including phenoxy) is 2. The molecule has 0 amide bonds. The van der Waals surface area contributed by atoms with Crippen LogP contribution in [0.25, 0.3) is 0 Å². The Morgan fingerprint density at radius 2 is 2.19 bits per heavy atom. The van der Waals surface area contributed by atoms with Gasteiger partial charge in [0.2, 0.25) is 5.88 Å². The molecule has 142 valence electrons. The molecule has 8 heteroatoms. The van der Waals surface area contributed by atoms with E-state index in [-0.39, 0.29) is 6.10 Å². The second-order valence-electron chi connectivity index (χ2n) is 5.79. The van der Waals surface area contributed by atoms with E-state index in [0.717, 1.165) is 28.8 Å². The summed E-state index contributed by atoms with van der Waals surface area (Å²) < 4.78 is 10.4. The number of aromatic nitrogens is 2. The van der Waals surface area contributed by atoms with E-state index in [0.29, 0.717) is 19.0 Å². The van der Waals surface area contributed by atoms with Crippen LogP contribution in [0.4, 0.5) is 0 Å². The fraction of sp³-hybridized carbons (Fsp3) is 0.500. The maximum Gasteiger partial charge on any atom is 0.212 e. The van der Waals surface area contributed by atoms with E-state index in [4.69, 9.17) is 14.5 Å². The minimum absolute atomic E-state index is 0.0172. The molecule has 0 radical (unpaired) electrons. The van der Waals surface area contributed by atoms with Gasteiger partial charge in [-0.2, -0.15) is 0 Å². The van der Waals surface area contributed by atoms with Crippen molar-refractivity contribution in [1.29, 1.82) is 0 Å². The normalized spacial score (nSPS) is 12.7. The Labute approximate surface area is 159 Å². The molecule has 0 bridgehead atoms. The predicted molar refractivity (Wildman–Crippen MR) is 105 cm³/mol. The molecule has 0 aliphatic rings. The van der Waals surface area contributed by atoms with Crippen molar-refractivity contribution in [1.82, 2.24) is 20.2 Å². The van der Waals surface area contributed by atoms with Crippen molar-refractivity contribution in [3.63, 3.8) is 0 Å². The first-order valence-electron chi connectivity index (χ1n) is 8.52. The first kappa shape index (κ1) is 20.1. The van der Waals surface area contributed by atoms with Gasteiger partial charge >= 0.3 is 0 Å². The molecule has 2 rings (SSSR count). The highest BCUT2D eigenvalue weighted by Gasteiger charge is 2.12. The highest BCUT2D eigenvalue weighted by molar-refractivity contribution is 7.09. The van der Waals surface area contributed by atoms with E-state index < -0.39 is 0 Å². The van der Waals surface area contributed by atoms with Gasteiger partial charge in [0.15, 0.2) is 5.96 Å². The summed E-state index contributed by atoms with van der Waals surface area (Å²) >= 11 is 1.62. The lowest BCUT2D eigenvalue weighted by Gasteiger charge is -2.21. The molecule has 0 spiro atoms. The number of aliphatic imine (C=N–C) groups is 1. The molecule has 0 saturated carbocycles. The first-order valence-corrected chi connectivity index (χ1v) is 9.40. The topological polar surface area (TPSA) is 71.9 Å². The van der Waals surface area contributed by atoms with E-state index in [2.05, 4.69) is 32.5 Å².